The van der Waals surface area contributed by atoms with Gasteiger partial charge in [0.05, 0.1) is 24.5 Å². The van der Waals surface area contributed by atoms with Crippen LogP contribution in [0.15, 0.2) is 34.9 Å². The van der Waals surface area contributed by atoms with Gasteiger partial charge in [0.15, 0.2) is 0 Å². The summed E-state index contributed by atoms with van der Waals surface area (Å²) in [6.45, 7) is 2.02. The van der Waals surface area contributed by atoms with E-state index in [0.29, 0.717) is 6.04 Å². The molecule has 0 radical (unpaired) electrons. The van der Waals surface area contributed by atoms with Gasteiger partial charge in [-0.05, 0) is 71.1 Å². The molecule has 1 atom stereocenters. The molecule has 1 N–H and O–H groups in total. The molecule has 0 fully saturated rings. The Morgan fingerprint density at radius 2 is 2.15 bits per heavy atom. The van der Waals surface area contributed by atoms with Crippen LogP contribution in [0.1, 0.15) is 29.3 Å². The highest BCUT2D eigenvalue weighted by Gasteiger charge is 2.23. The molecule has 0 amide bonds. The normalized spacial score (nSPS) is 16.9. The molecule has 104 valence electrons. The third kappa shape index (κ3) is 2.52. The molecule has 0 saturated heterocycles. The van der Waals surface area contributed by atoms with Gasteiger partial charge in [0.25, 0.3) is 0 Å². The van der Waals surface area contributed by atoms with Gasteiger partial charge in [0, 0.05) is 0 Å². The number of hydrogen-bond acceptors (Lipinski definition) is 3. The number of aromatic nitrogens is 1. The number of pyridine rings is 1. The van der Waals surface area contributed by atoms with E-state index < -0.39 is 0 Å². The van der Waals surface area contributed by atoms with Crippen LogP contribution in [-0.4, -0.2) is 12.1 Å². The molecule has 0 bridgehead atoms. The Morgan fingerprint density at radius 3 is 2.90 bits per heavy atom. The summed E-state index contributed by atoms with van der Waals surface area (Å²) in [5.74, 6) is 0.920. The van der Waals surface area contributed by atoms with Crippen molar-refractivity contribution in [2.24, 2.45) is 0 Å². The van der Waals surface area contributed by atoms with E-state index in [9.17, 15) is 0 Å². The molecule has 4 heteroatoms. The lowest BCUT2D eigenvalue weighted by Gasteiger charge is -2.17. The zero-order valence-electron chi connectivity index (χ0n) is 11.6. The number of anilines is 1. The van der Waals surface area contributed by atoms with E-state index >= 15 is 0 Å². The highest BCUT2D eigenvalue weighted by atomic mass is 79.9. The molecule has 2 aromatic rings. The fraction of sp³-hybridized carbons (Fsp3) is 0.312. The fourth-order valence-corrected chi connectivity index (χ4v) is 3.13. The van der Waals surface area contributed by atoms with Crippen molar-refractivity contribution in [1.82, 2.24) is 4.98 Å². The Kier molecular flexibility index (Phi) is 3.66. The first kappa shape index (κ1) is 13.4. The first-order valence-corrected chi connectivity index (χ1v) is 7.53. The SMILES string of the molecule is COc1ccc2c(c1)C(Nc1ccc(Br)nc1C)CC2. The van der Waals surface area contributed by atoms with Crippen LogP contribution in [0.2, 0.25) is 0 Å². The fourth-order valence-electron chi connectivity index (χ4n) is 2.73. The first-order valence-electron chi connectivity index (χ1n) is 6.74. The van der Waals surface area contributed by atoms with Crippen molar-refractivity contribution < 1.29 is 4.74 Å². The van der Waals surface area contributed by atoms with E-state index in [1.807, 2.05) is 19.1 Å². The minimum Gasteiger partial charge on any atom is -0.497 e. The van der Waals surface area contributed by atoms with Crippen LogP contribution in [0.3, 0.4) is 0 Å². The molecule has 1 aliphatic rings. The van der Waals surface area contributed by atoms with E-state index in [1.165, 1.54) is 11.1 Å². The van der Waals surface area contributed by atoms with Crippen LogP contribution in [0.25, 0.3) is 0 Å². The van der Waals surface area contributed by atoms with Crippen LogP contribution in [-0.2, 0) is 6.42 Å². The van der Waals surface area contributed by atoms with Gasteiger partial charge in [-0.25, -0.2) is 4.98 Å². The molecule has 0 aliphatic heterocycles. The standard InChI is InChI=1S/C16H17BrN2O/c1-10-14(7-8-16(17)18-10)19-15-6-4-11-3-5-12(20-2)9-13(11)15/h3,5,7-9,15,19H,4,6H2,1-2H3. The molecule has 0 saturated carbocycles. The molecule has 1 aromatic heterocycles. The lowest BCUT2D eigenvalue weighted by Crippen LogP contribution is -2.09. The first-order chi connectivity index (χ1) is 9.67. The molecule has 0 spiro atoms. The number of methoxy groups -OCH3 is 1. The maximum absolute atomic E-state index is 5.33. The zero-order chi connectivity index (χ0) is 14.1. The van der Waals surface area contributed by atoms with Gasteiger partial charge in [-0.1, -0.05) is 6.07 Å². The lowest BCUT2D eigenvalue weighted by atomic mass is 10.1. The van der Waals surface area contributed by atoms with Gasteiger partial charge in [-0.2, -0.15) is 0 Å². The molecule has 1 aliphatic carbocycles. The van der Waals surface area contributed by atoms with Crippen molar-refractivity contribution in [3.63, 3.8) is 0 Å². The number of ether oxygens (including phenoxy) is 1. The maximum Gasteiger partial charge on any atom is 0.119 e. The highest BCUT2D eigenvalue weighted by molar-refractivity contribution is 9.10. The largest absolute Gasteiger partial charge is 0.497 e. The number of fused-ring (bicyclic) bond motifs is 1. The summed E-state index contributed by atoms with van der Waals surface area (Å²) in [5.41, 5.74) is 4.85. The van der Waals surface area contributed by atoms with Crippen molar-refractivity contribution in [2.75, 3.05) is 12.4 Å². The molecule has 1 aromatic carbocycles. The van der Waals surface area contributed by atoms with E-state index in [0.717, 1.165) is 34.6 Å². The number of halogens is 1. The molecule has 1 unspecified atom stereocenters. The number of aryl methyl sites for hydroxylation is 2. The van der Waals surface area contributed by atoms with Crippen LogP contribution in [0, 0.1) is 6.92 Å². The lowest BCUT2D eigenvalue weighted by molar-refractivity contribution is 0.414. The van der Waals surface area contributed by atoms with Crippen molar-refractivity contribution >= 4 is 21.6 Å². The van der Waals surface area contributed by atoms with Crippen LogP contribution >= 0.6 is 15.9 Å². The van der Waals surface area contributed by atoms with E-state index in [2.05, 4.69) is 44.4 Å². The second-order valence-corrected chi connectivity index (χ2v) is 5.88. The minimum atomic E-state index is 0.335. The smallest absolute Gasteiger partial charge is 0.119 e. The Labute approximate surface area is 127 Å². The van der Waals surface area contributed by atoms with Crippen LogP contribution in [0.5, 0.6) is 5.75 Å². The van der Waals surface area contributed by atoms with Crippen LogP contribution < -0.4 is 10.1 Å². The Morgan fingerprint density at radius 1 is 1.30 bits per heavy atom. The average Bonchev–Trinajstić information content (AvgIpc) is 2.84. The summed E-state index contributed by atoms with van der Waals surface area (Å²) in [5, 5.41) is 3.60. The number of benzene rings is 1. The Bertz CT molecular complexity index is 642. The molecular formula is C16H17BrN2O. The molecular weight excluding hydrogens is 316 g/mol. The quantitative estimate of drug-likeness (QED) is 0.852. The molecule has 1 heterocycles. The second-order valence-electron chi connectivity index (χ2n) is 5.07. The van der Waals surface area contributed by atoms with Gasteiger partial charge in [-0.15, -0.1) is 0 Å². The minimum absolute atomic E-state index is 0.335. The van der Waals surface area contributed by atoms with Crippen molar-refractivity contribution in [3.8, 4) is 5.75 Å². The number of nitrogens with zero attached hydrogens (tertiary/aromatic N) is 1. The predicted octanol–water partition coefficient (Wildman–Crippen LogP) is 4.26. The zero-order valence-corrected chi connectivity index (χ0v) is 13.2. The van der Waals surface area contributed by atoms with Gasteiger partial charge in [-0.3, -0.25) is 0 Å². The van der Waals surface area contributed by atoms with Gasteiger partial charge in [0.1, 0.15) is 10.4 Å². The van der Waals surface area contributed by atoms with E-state index in [-0.39, 0.29) is 0 Å². The van der Waals surface area contributed by atoms with Gasteiger partial charge >= 0.3 is 0 Å². The molecule has 3 nitrogen and oxygen atoms in total. The summed E-state index contributed by atoms with van der Waals surface area (Å²) in [7, 11) is 1.71. The number of rotatable bonds is 3. The summed E-state index contributed by atoms with van der Waals surface area (Å²) in [6.07, 6.45) is 2.22. The van der Waals surface area contributed by atoms with Crippen LogP contribution in [0.4, 0.5) is 5.69 Å². The highest BCUT2D eigenvalue weighted by Crippen LogP contribution is 2.36. The number of nitrogens with one attached hydrogen (secondary N) is 1. The van der Waals surface area contributed by atoms with Gasteiger partial charge in [0.2, 0.25) is 0 Å². The maximum atomic E-state index is 5.33. The van der Waals surface area contributed by atoms with Crippen molar-refractivity contribution in [1.29, 1.82) is 0 Å². The average molecular weight is 333 g/mol. The second kappa shape index (κ2) is 5.44. The monoisotopic (exact) mass is 332 g/mol. The predicted molar refractivity (Wildman–Crippen MR) is 84.4 cm³/mol. The summed E-state index contributed by atoms with van der Waals surface area (Å²) in [4.78, 5) is 4.43. The van der Waals surface area contributed by atoms with E-state index in [4.69, 9.17) is 4.74 Å². The summed E-state index contributed by atoms with van der Waals surface area (Å²) >= 11 is 3.40. The third-order valence-electron chi connectivity index (χ3n) is 3.81. The number of hydrogen-bond donors (Lipinski definition) is 1. The third-order valence-corrected chi connectivity index (χ3v) is 4.25. The molecule has 3 rings (SSSR count). The van der Waals surface area contributed by atoms with E-state index in [1.54, 1.807) is 7.11 Å². The Balaban J connectivity index is 1.87. The van der Waals surface area contributed by atoms with Crippen molar-refractivity contribution in [3.05, 3.63) is 51.8 Å². The molecule has 20 heavy (non-hydrogen) atoms. The van der Waals surface area contributed by atoms with Crippen molar-refractivity contribution in [2.45, 2.75) is 25.8 Å². The summed E-state index contributed by atoms with van der Waals surface area (Å²) < 4.78 is 6.20. The summed E-state index contributed by atoms with van der Waals surface area (Å²) in [6, 6.07) is 10.7. The van der Waals surface area contributed by atoms with Gasteiger partial charge < -0.3 is 10.1 Å². The topological polar surface area (TPSA) is 34.1 Å². The Hall–Kier alpha value is -1.55.